The van der Waals surface area contributed by atoms with Crippen molar-refractivity contribution in [3.8, 4) is 0 Å². The third kappa shape index (κ3) is 3.46. The van der Waals surface area contributed by atoms with Gasteiger partial charge in [-0.3, -0.25) is 4.79 Å². The first kappa shape index (κ1) is 16.0. The highest BCUT2D eigenvalue weighted by Crippen LogP contribution is 2.14. The summed E-state index contributed by atoms with van der Waals surface area (Å²) >= 11 is 0. The number of hydrogen-bond acceptors (Lipinski definition) is 5. The molecule has 7 nitrogen and oxygen atoms in total. The maximum Gasteiger partial charge on any atom is 0.227 e. The van der Waals surface area contributed by atoms with Crippen molar-refractivity contribution < 1.29 is 4.79 Å². The molecule has 1 aliphatic rings. The van der Waals surface area contributed by atoms with Crippen molar-refractivity contribution in [2.45, 2.75) is 6.42 Å². The molecule has 0 radical (unpaired) electrons. The molecular weight excluding hydrogens is 335 g/mol. The van der Waals surface area contributed by atoms with Gasteiger partial charge in [0.05, 0.1) is 6.42 Å². The van der Waals surface area contributed by atoms with E-state index in [2.05, 4.69) is 29.4 Å². The molecule has 3 aromatic rings. The zero-order chi connectivity index (χ0) is 17.2. The Balaban J connectivity index is 1.37. The highest BCUT2D eigenvalue weighted by molar-refractivity contribution is 7.27. The molecule has 25 heavy (non-hydrogen) atoms. The van der Waals surface area contributed by atoms with Crippen LogP contribution in [0.2, 0.25) is 0 Å². The highest BCUT2D eigenvalue weighted by atomic mass is 31.0. The molecule has 2 aromatic heterocycles. The third-order valence-electron chi connectivity index (χ3n) is 4.44. The van der Waals surface area contributed by atoms with E-state index in [9.17, 15) is 4.79 Å². The Morgan fingerprint density at radius 3 is 2.56 bits per heavy atom. The molecule has 1 saturated heterocycles. The van der Waals surface area contributed by atoms with Crippen LogP contribution < -0.4 is 10.2 Å². The highest BCUT2D eigenvalue weighted by Gasteiger charge is 2.22. The SMILES string of the molecule is O=C(Cc1ccc(P)cc1)N1CCN(c2ccc3nncn3n2)CC1. The zero-order valence-corrected chi connectivity index (χ0v) is 14.9. The smallest absolute Gasteiger partial charge is 0.227 e. The van der Waals surface area contributed by atoms with Gasteiger partial charge in [-0.15, -0.1) is 24.5 Å². The Hall–Kier alpha value is -2.53. The van der Waals surface area contributed by atoms with Crippen LogP contribution in [0.4, 0.5) is 5.82 Å². The number of benzene rings is 1. The first-order valence-electron chi connectivity index (χ1n) is 8.23. The Morgan fingerprint density at radius 2 is 1.80 bits per heavy atom. The largest absolute Gasteiger partial charge is 0.352 e. The monoisotopic (exact) mass is 354 g/mol. The summed E-state index contributed by atoms with van der Waals surface area (Å²) in [6.07, 6.45) is 2.05. The number of rotatable bonds is 3. The second-order valence-electron chi connectivity index (χ2n) is 6.11. The summed E-state index contributed by atoms with van der Waals surface area (Å²) in [5, 5.41) is 13.5. The van der Waals surface area contributed by atoms with Gasteiger partial charge in [0, 0.05) is 26.2 Å². The van der Waals surface area contributed by atoms with E-state index in [1.165, 1.54) is 0 Å². The van der Waals surface area contributed by atoms with Crippen molar-refractivity contribution in [2.24, 2.45) is 0 Å². The number of aromatic nitrogens is 4. The maximum atomic E-state index is 12.5. The molecule has 4 rings (SSSR count). The van der Waals surface area contributed by atoms with Gasteiger partial charge >= 0.3 is 0 Å². The molecule has 1 aromatic carbocycles. The number of hydrogen-bond donors (Lipinski definition) is 0. The summed E-state index contributed by atoms with van der Waals surface area (Å²) in [7, 11) is 2.66. The van der Waals surface area contributed by atoms with Gasteiger partial charge in [-0.05, 0) is 23.0 Å². The molecule has 1 aliphatic heterocycles. The average Bonchev–Trinajstić information content (AvgIpc) is 3.11. The fraction of sp³-hybridized carbons (Fsp3) is 0.294. The molecule has 8 heteroatoms. The van der Waals surface area contributed by atoms with Crippen LogP contribution in [0.1, 0.15) is 5.56 Å². The number of fused-ring (bicyclic) bond motifs is 1. The second kappa shape index (κ2) is 6.76. The summed E-state index contributed by atoms with van der Waals surface area (Å²) in [5.41, 5.74) is 1.78. The molecule has 1 unspecified atom stereocenters. The molecule has 128 valence electrons. The number of amides is 1. The summed E-state index contributed by atoms with van der Waals surface area (Å²) in [6, 6.07) is 11.9. The molecule has 1 amide bonds. The first-order chi connectivity index (χ1) is 12.2. The fourth-order valence-corrected chi connectivity index (χ4v) is 3.19. The number of piperazine rings is 1. The van der Waals surface area contributed by atoms with Gasteiger partial charge in [0.15, 0.2) is 5.65 Å². The summed E-state index contributed by atoms with van der Waals surface area (Å²) in [5.74, 6) is 1.06. The van der Waals surface area contributed by atoms with Gasteiger partial charge in [-0.25, -0.2) is 0 Å². The Kier molecular flexibility index (Phi) is 4.32. The van der Waals surface area contributed by atoms with Gasteiger partial charge in [0.25, 0.3) is 0 Å². The van der Waals surface area contributed by atoms with E-state index in [1.807, 2.05) is 41.3 Å². The van der Waals surface area contributed by atoms with E-state index in [4.69, 9.17) is 0 Å². The molecular formula is C17H19N6OP. The quantitative estimate of drug-likeness (QED) is 0.642. The topological polar surface area (TPSA) is 66.6 Å². The standard InChI is InChI=1S/C17H19N6OP/c24-17(11-13-1-3-14(25)4-2-13)22-9-7-21(8-10-22)16-6-5-15-19-18-12-23(15)20-16/h1-6,12H,7-11,25H2. The van der Waals surface area contributed by atoms with E-state index >= 15 is 0 Å². The van der Waals surface area contributed by atoms with Crippen LogP contribution in [0.5, 0.6) is 0 Å². The predicted molar refractivity (Wildman–Crippen MR) is 99.1 cm³/mol. The number of nitrogens with zero attached hydrogens (tertiary/aromatic N) is 6. The van der Waals surface area contributed by atoms with Gasteiger partial charge in [-0.1, -0.05) is 24.3 Å². The van der Waals surface area contributed by atoms with Crippen molar-refractivity contribution in [3.05, 3.63) is 48.3 Å². The van der Waals surface area contributed by atoms with Crippen molar-refractivity contribution >= 4 is 31.9 Å². The number of carbonyl (C=O) groups excluding carboxylic acids is 1. The molecule has 0 N–H and O–H groups in total. The van der Waals surface area contributed by atoms with Crippen molar-refractivity contribution in [2.75, 3.05) is 31.1 Å². The summed E-state index contributed by atoms with van der Waals surface area (Å²) < 4.78 is 1.67. The Morgan fingerprint density at radius 1 is 1.04 bits per heavy atom. The summed E-state index contributed by atoms with van der Waals surface area (Å²) in [6.45, 7) is 2.97. The Labute approximate surface area is 147 Å². The van der Waals surface area contributed by atoms with Crippen LogP contribution in [-0.2, 0) is 11.2 Å². The van der Waals surface area contributed by atoms with Crippen LogP contribution in [0.3, 0.4) is 0 Å². The van der Waals surface area contributed by atoms with Crippen LogP contribution in [0, 0.1) is 0 Å². The summed E-state index contributed by atoms with van der Waals surface area (Å²) in [4.78, 5) is 16.6. The van der Waals surface area contributed by atoms with Gasteiger partial charge in [0.2, 0.25) is 5.91 Å². The lowest BCUT2D eigenvalue weighted by molar-refractivity contribution is -0.130. The second-order valence-corrected chi connectivity index (χ2v) is 6.78. The lowest BCUT2D eigenvalue weighted by atomic mass is 10.1. The van der Waals surface area contributed by atoms with Crippen LogP contribution >= 0.6 is 9.24 Å². The van der Waals surface area contributed by atoms with Crippen molar-refractivity contribution in [1.82, 2.24) is 24.7 Å². The van der Waals surface area contributed by atoms with E-state index < -0.39 is 0 Å². The van der Waals surface area contributed by atoms with E-state index in [0.29, 0.717) is 19.5 Å². The predicted octanol–water partition coefficient (Wildman–Crippen LogP) is 0.516. The average molecular weight is 354 g/mol. The number of carbonyl (C=O) groups is 1. The normalized spacial score (nSPS) is 14.9. The minimum absolute atomic E-state index is 0.179. The van der Waals surface area contributed by atoms with Crippen LogP contribution in [-0.4, -0.2) is 56.8 Å². The van der Waals surface area contributed by atoms with Gasteiger partial charge in [-0.2, -0.15) is 4.52 Å². The lowest BCUT2D eigenvalue weighted by Gasteiger charge is -2.35. The maximum absolute atomic E-state index is 12.5. The third-order valence-corrected chi connectivity index (χ3v) is 4.82. The van der Waals surface area contributed by atoms with Gasteiger partial charge < -0.3 is 9.80 Å². The molecule has 0 spiro atoms. The Bertz CT molecular complexity index is 886. The van der Waals surface area contributed by atoms with Crippen molar-refractivity contribution in [3.63, 3.8) is 0 Å². The molecule has 0 aliphatic carbocycles. The molecule has 3 heterocycles. The fourth-order valence-electron chi connectivity index (χ4n) is 2.99. The van der Waals surface area contributed by atoms with E-state index in [1.54, 1.807) is 10.8 Å². The van der Waals surface area contributed by atoms with E-state index in [-0.39, 0.29) is 5.91 Å². The van der Waals surface area contributed by atoms with Gasteiger partial charge in [0.1, 0.15) is 12.1 Å². The van der Waals surface area contributed by atoms with E-state index in [0.717, 1.165) is 35.4 Å². The first-order valence-corrected chi connectivity index (χ1v) is 8.81. The minimum Gasteiger partial charge on any atom is -0.352 e. The molecule has 0 bridgehead atoms. The van der Waals surface area contributed by atoms with Crippen LogP contribution in [0.25, 0.3) is 5.65 Å². The van der Waals surface area contributed by atoms with Crippen LogP contribution in [0.15, 0.2) is 42.7 Å². The van der Waals surface area contributed by atoms with Crippen molar-refractivity contribution in [1.29, 1.82) is 0 Å². The minimum atomic E-state index is 0.179. The lowest BCUT2D eigenvalue weighted by Crippen LogP contribution is -2.49. The zero-order valence-electron chi connectivity index (χ0n) is 13.7. The molecule has 1 atom stereocenters. The molecule has 0 saturated carbocycles. The molecule has 1 fully saturated rings. The number of anilines is 1.